The molecule has 0 radical (unpaired) electrons. The molecule has 0 unspecified atom stereocenters. The Morgan fingerprint density at radius 2 is 1.39 bits per heavy atom. The summed E-state index contributed by atoms with van der Waals surface area (Å²) in [5.41, 5.74) is 7.41. The van der Waals surface area contributed by atoms with Crippen molar-refractivity contribution in [1.29, 1.82) is 0 Å². The number of anilines is 2. The van der Waals surface area contributed by atoms with Crippen LogP contribution in [0.25, 0.3) is 0 Å². The Bertz CT molecular complexity index is 1030. The summed E-state index contributed by atoms with van der Waals surface area (Å²) in [5.74, 6) is -0.0396. The van der Waals surface area contributed by atoms with Crippen LogP contribution in [0.15, 0.2) is 24.3 Å². The second-order valence-corrected chi connectivity index (χ2v) is 10.9. The SMILES string of the molecule is Cc1c(C)c(C(=O)NC(C)C)c(C)c(C)c1NCc1ccc(NS(=O)(=O)C(C)C)cc1. The second-order valence-electron chi connectivity index (χ2n) is 8.62. The van der Waals surface area contributed by atoms with E-state index in [9.17, 15) is 13.2 Å². The fourth-order valence-electron chi connectivity index (χ4n) is 3.42. The lowest BCUT2D eigenvalue weighted by Crippen LogP contribution is -2.31. The van der Waals surface area contributed by atoms with Gasteiger partial charge in [0.15, 0.2) is 0 Å². The molecule has 0 aromatic heterocycles. The zero-order valence-corrected chi connectivity index (χ0v) is 20.6. The first-order valence-electron chi connectivity index (χ1n) is 10.6. The molecular weight excluding hydrogens is 410 g/mol. The van der Waals surface area contributed by atoms with E-state index in [1.54, 1.807) is 26.0 Å². The summed E-state index contributed by atoms with van der Waals surface area (Å²) in [6, 6.07) is 7.43. The molecule has 3 N–H and O–H groups in total. The van der Waals surface area contributed by atoms with Crippen LogP contribution in [0.5, 0.6) is 0 Å². The number of hydrogen-bond acceptors (Lipinski definition) is 4. The van der Waals surface area contributed by atoms with Gasteiger partial charge in [0.1, 0.15) is 0 Å². The van der Waals surface area contributed by atoms with Gasteiger partial charge in [0.05, 0.1) is 5.25 Å². The van der Waals surface area contributed by atoms with Crippen LogP contribution in [-0.2, 0) is 16.6 Å². The largest absolute Gasteiger partial charge is 0.381 e. The number of carbonyl (C=O) groups excluding carboxylic acids is 1. The van der Waals surface area contributed by atoms with Gasteiger partial charge in [-0.05, 0) is 95.3 Å². The van der Waals surface area contributed by atoms with Crippen LogP contribution < -0.4 is 15.4 Å². The quantitative estimate of drug-likeness (QED) is 0.544. The summed E-state index contributed by atoms with van der Waals surface area (Å²) in [4.78, 5) is 12.7. The van der Waals surface area contributed by atoms with Crippen LogP contribution in [0, 0.1) is 27.7 Å². The minimum Gasteiger partial charge on any atom is -0.381 e. The molecule has 0 saturated heterocycles. The molecule has 0 aliphatic rings. The van der Waals surface area contributed by atoms with E-state index in [4.69, 9.17) is 0 Å². The highest BCUT2D eigenvalue weighted by molar-refractivity contribution is 7.93. The Morgan fingerprint density at radius 3 is 1.84 bits per heavy atom. The first kappa shape index (κ1) is 24.7. The molecule has 0 aliphatic heterocycles. The zero-order valence-electron chi connectivity index (χ0n) is 19.8. The predicted molar refractivity (Wildman–Crippen MR) is 129 cm³/mol. The zero-order chi connectivity index (χ0) is 23.5. The van der Waals surface area contributed by atoms with Crippen LogP contribution in [0.2, 0.25) is 0 Å². The number of amides is 1. The number of benzene rings is 2. The van der Waals surface area contributed by atoms with Crippen molar-refractivity contribution in [2.75, 3.05) is 10.0 Å². The standard InChI is InChI=1S/C24H35N3O3S/c1-14(2)26-24(28)22-16(5)18(7)23(19(8)17(22)6)25-13-20-9-11-21(12-10-20)27-31(29,30)15(3)4/h9-12,14-15,25,27H,13H2,1-8H3,(H,26,28). The van der Waals surface area contributed by atoms with Gasteiger partial charge in [0.2, 0.25) is 10.0 Å². The van der Waals surface area contributed by atoms with Crippen LogP contribution in [0.3, 0.4) is 0 Å². The Morgan fingerprint density at radius 1 is 0.871 bits per heavy atom. The van der Waals surface area contributed by atoms with Crippen molar-refractivity contribution >= 4 is 27.3 Å². The molecule has 1 amide bonds. The summed E-state index contributed by atoms with van der Waals surface area (Å²) in [7, 11) is -3.36. The molecule has 2 rings (SSSR count). The van der Waals surface area contributed by atoms with E-state index in [0.717, 1.165) is 39.1 Å². The highest BCUT2D eigenvalue weighted by atomic mass is 32.2. The van der Waals surface area contributed by atoms with E-state index in [0.29, 0.717) is 12.2 Å². The fourth-order valence-corrected chi connectivity index (χ4v) is 4.12. The van der Waals surface area contributed by atoms with E-state index in [-0.39, 0.29) is 11.9 Å². The topological polar surface area (TPSA) is 87.3 Å². The third-order valence-corrected chi connectivity index (χ3v) is 7.34. The fraction of sp³-hybridized carbons (Fsp3) is 0.458. The molecule has 2 aromatic rings. The van der Waals surface area contributed by atoms with Crippen LogP contribution in [0.1, 0.15) is 65.9 Å². The molecule has 0 fully saturated rings. The third-order valence-electron chi connectivity index (χ3n) is 5.58. The lowest BCUT2D eigenvalue weighted by atomic mass is 9.91. The van der Waals surface area contributed by atoms with Crippen molar-refractivity contribution in [1.82, 2.24) is 5.32 Å². The van der Waals surface area contributed by atoms with Gasteiger partial charge in [0.25, 0.3) is 5.91 Å². The molecule has 0 atom stereocenters. The maximum Gasteiger partial charge on any atom is 0.252 e. The molecule has 0 heterocycles. The summed E-state index contributed by atoms with van der Waals surface area (Å²) < 4.78 is 26.6. The lowest BCUT2D eigenvalue weighted by molar-refractivity contribution is 0.0941. The molecule has 2 aromatic carbocycles. The minimum atomic E-state index is -3.36. The summed E-state index contributed by atoms with van der Waals surface area (Å²) in [6.07, 6.45) is 0. The third kappa shape index (κ3) is 5.79. The van der Waals surface area contributed by atoms with Crippen molar-refractivity contribution in [2.45, 2.75) is 73.2 Å². The number of hydrogen-bond donors (Lipinski definition) is 3. The van der Waals surface area contributed by atoms with Crippen molar-refractivity contribution in [3.05, 3.63) is 57.6 Å². The van der Waals surface area contributed by atoms with Crippen molar-refractivity contribution in [2.24, 2.45) is 0 Å². The van der Waals surface area contributed by atoms with Gasteiger partial charge < -0.3 is 10.6 Å². The minimum absolute atomic E-state index is 0.0396. The van der Waals surface area contributed by atoms with Crippen LogP contribution >= 0.6 is 0 Å². The van der Waals surface area contributed by atoms with E-state index in [1.807, 2.05) is 53.7 Å². The Kier molecular flexibility index (Phi) is 7.76. The van der Waals surface area contributed by atoms with E-state index in [2.05, 4.69) is 15.4 Å². The number of sulfonamides is 1. The van der Waals surface area contributed by atoms with Crippen LogP contribution in [-0.4, -0.2) is 25.6 Å². The molecule has 0 saturated carbocycles. The molecular formula is C24H35N3O3S. The van der Waals surface area contributed by atoms with Gasteiger partial charge in [-0.3, -0.25) is 9.52 Å². The van der Waals surface area contributed by atoms with Crippen molar-refractivity contribution < 1.29 is 13.2 Å². The maximum atomic E-state index is 12.7. The normalized spacial score (nSPS) is 11.7. The highest BCUT2D eigenvalue weighted by Crippen LogP contribution is 2.31. The van der Waals surface area contributed by atoms with E-state index >= 15 is 0 Å². The van der Waals surface area contributed by atoms with Gasteiger partial charge in [-0.1, -0.05) is 12.1 Å². The molecule has 7 heteroatoms. The molecule has 0 bridgehead atoms. The van der Waals surface area contributed by atoms with Crippen LogP contribution in [0.4, 0.5) is 11.4 Å². The van der Waals surface area contributed by atoms with Gasteiger partial charge in [0, 0.05) is 29.5 Å². The van der Waals surface area contributed by atoms with Crippen molar-refractivity contribution in [3.8, 4) is 0 Å². The van der Waals surface area contributed by atoms with Crippen molar-refractivity contribution in [3.63, 3.8) is 0 Å². The van der Waals surface area contributed by atoms with Gasteiger partial charge >= 0.3 is 0 Å². The Hall–Kier alpha value is -2.54. The average molecular weight is 446 g/mol. The van der Waals surface area contributed by atoms with E-state index in [1.165, 1.54) is 0 Å². The van der Waals surface area contributed by atoms with Gasteiger partial charge in [-0.2, -0.15) is 0 Å². The molecule has 6 nitrogen and oxygen atoms in total. The van der Waals surface area contributed by atoms with Gasteiger partial charge in [-0.25, -0.2) is 8.42 Å². The Balaban J connectivity index is 2.22. The average Bonchev–Trinajstić information content (AvgIpc) is 2.67. The number of nitrogens with one attached hydrogen (secondary N) is 3. The first-order chi connectivity index (χ1) is 14.3. The first-order valence-corrected chi connectivity index (χ1v) is 12.2. The molecule has 170 valence electrons. The number of carbonyl (C=O) groups is 1. The predicted octanol–water partition coefficient (Wildman–Crippen LogP) is 4.82. The summed E-state index contributed by atoms with van der Waals surface area (Å²) in [5, 5.41) is 6.01. The Labute approximate surface area is 186 Å². The summed E-state index contributed by atoms with van der Waals surface area (Å²) >= 11 is 0. The highest BCUT2D eigenvalue weighted by Gasteiger charge is 2.20. The number of rotatable bonds is 8. The van der Waals surface area contributed by atoms with E-state index < -0.39 is 15.3 Å². The maximum absolute atomic E-state index is 12.7. The van der Waals surface area contributed by atoms with Gasteiger partial charge in [-0.15, -0.1) is 0 Å². The molecule has 31 heavy (non-hydrogen) atoms. The monoisotopic (exact) mass is 445 g/mol. The lowest BCUT2D eigenvalue weighted by Gasteiger charge is -2.22. The second kappa shape index (κ2) is 9.73. The molecule has 0 aliphatic carbocycles. The summed E-state index contributed by atoms with van der Waals surface area (Å²) in [6.45, 7) is 15.8. The molecule has 0 spiro atoms. The smallest absolute Gasteiger partial charge is 0.252 e.